The molecule has 0 radical (unpaired) electrons. The second kappa shape index (κ2) is 14.6. The predicted molar refractivity (Wildman–Crippen MR) is 154 cm³/mol. The summed E-state index contributed by atoms with van der Waals surface area (Å²) in [5, 5.41) is 18.4. The third-order valence-electron chi connectivity index (χ3n) is 5.26. The number of nitrogens with one attached hydrogen (secondary N) is 2. The molecule has 0 aliphatic rings. The van der Waals surface area contributed by atoms with E-state index in [9.17, 15) is 10.1 Å². The van der Waals surface area contributed by atoms with Gasteiger partial charge in [0.25, 0.3) is 5.69 Å². The highest BCUT2D eigenvalue weighted by Gasteiger charge is 2.14. The van der Waals surface area contributed by atoms with Crippen LogP contribution in [0.25, 0.3) is 6.08 Å². The van der Waals surface area contributed by atoms with Gasteiger partial charge in [-0.25, -0.2) is 5.43 Å². The zero-order valence-corrected chi connectivity index (χ0v) is 22.6. The van der Waals surface area contributed by atoms with Gasteiger partial charge in [-0.3, -0.25) is 10.1 Å². The minimum Gasteiger partial charge on any atom is -0.341 e. The summed E-state index contributed by atoms with van der Waals surface area (Å²) in [6.45, 7) is 5.95. The molecule has 0 saturated heterocycles. The molecule has 0 fully saturated rings. The van der Waals surface area contributed by atoms with E-state index in [1.54, 1.807) is 18.3 Å². The summed E-state index contributed by atoms with van der Waals surface area (Å²) in [7, 11) is 0. The van der Waals surface area contributed by atoms with Crippen molar-refractivity contribution < 1.29 is 4.92 Å². The molecule has 0 amide bonds. The fourth-order valence-corrected chi connectivity index (χ4v) is 3.68. The van der Waals surface area contributed by atoms with Gasteiger partial charge in [0, 0.05) is 35.4 Å². The third-order valence-corrected chi connectivity index (χ3v) is 5.69. The molecule has 3 aromatic rings. The number of anilines is 4. The van der Waals surface area contributed by atoms with Crippen molar-refractivity contribution >= 4 is 57.4 Å². The largest absolute Gasteiger partial charge is 0.341 e. The standard InChI is InChI=1S/C26H31BrN8O2/c1-3-5-16-34(17-6-4-2)26-31-24(29-22-12-14-23(15-13-22)35(36)37)30-25(32-26)33-28-19-21(27)18-20-10-8-7-9-11-20/h7-15,18-19H,3-6,16-17H2,1-2H3,(H2,29,30,31,32,33)/b21-18+,28-19?. The smallest absolute Gasteiger partial charge is 0.269 e. The Morgan fingerprint density at radius 2 is 1.65 bits per heavy atom. The summed E-state index contributed by atoms with van der Waals surface area (Å²) >= 11 is 3.51. The molecule has 11 heteroatoms. The third kappa shape index (κ3) is 9.26. The van der Waals surface area contributed by atoms with Crippen LogP contribution in [-0.2, 0) is 0 Å². The minimum absolute atomic E-state index is 0.0121. The Labute approximate surface area is 225 Å². The highest BCUT2D eigenvalue weighted by atomic mass is 79.9. The van der Waals surface area contributed by atoms with Crippen molar-refractivity contribution in [2.24, 2.45) is 5.10 Å². The lowest BCUT2D eigenvalue weighted by atomic mass is 10.2. The molecule has 3 rings (SSSR count). The first-order valence-electron chi connectivity index (χ1n) is 12.2. The zero-order chi connectivity index (χ0) is 26.5. The van der Waals surface area contributed by atoms with Gasteiger partial charge in [0.05, 0.1) is 11.1 Å². The highest BCUT2D eigenvalue weighted by molar-refractivity contribution is 9.12. The predicted octanol–water partition coefficient (Wildman–Crippen LogP) is 6.76. The van der Waals surface area contributed by atoms with E-state index in [4.69, 9.17) is 0 Å². The van der Waals surface area contributed by atoms with Gasteiger partial charge in [-0.15, -0.1) is 0 Å². The Bertz CT molecular complexity index is 1190. The number of hydrogen-bond donors (Lipinski definition) is 2. The molecule has 2 N–H and O–H groups in total. The van der Waals surface area contributed by atoms with E-state index in [1.165, 1.54) is 12.1 Å². The topological polar surface area (TPSA) is 121 Å². The molecule has 1 aromatic heterocycles. The molecule has 0 unspecified atom stereocenters. The molecular formula is C26H31BrN8O2. The number of nitrogens with zero attached hydrogens (tertiary/aromatic N) is 6. The van der Waals surface area contributed by atoms with Crippen molar-refractivity contribution in [3.63, 3.8) is 0 Å². The number of hydrazone groups is 1. The van der Waals surface area contributed by atoms with E-state index in [1.807, 2.05) is 36.4 Å². The van der Waals surface area contributed by atoms with Crippen LogP contribution in [0.3, 0.4) is 0 Å². The average Bonchev–Trinajstić information content (AvgIpc) is 2.89. The van der Waals surface area contributed by atoms with Crippen LogP contribution in [0.2, 0.25) is 0 Å². The van der Waals surface area contributed by atoms with Crippen molar-refractivity contribution in [3.05, 3.63) is 74.8 Å². The lowest BCUT2D eigenvalue weighted by Gasteiger charge is -2.23. The first-order chi connectivity index (χ1) is 18.0. The SMILES string of the molecule is CCCCN(CCCC)c1nc(NN=C/C(Br)=C\c2ccccc2)nc(Nc2ccc([N+](=O)[O-])cc2)n1. The number of nitro groups is 1. The summed E-state index contributed by atoms with van der Waals surface area (Å²) in [4.78, 5) is 26.4. The molecule has 0 atom stereocenters. The maximum Gasteiger partial charge on any atom is 0.269 e. The Morgan fingerprint density at radius 1 is 1.00 bits per heavy atom. The van der Waals surface area contributed by atoms with Crippen LogP contribution in [0.1, 0.15) is 45.1 Å². The quantitative estimate of drug-likeness (QED) is 0.124. The van der Waals surface area contributed by atoms with Crippen molar-refractivity contribution in [1.82, 2.24) is 15.0 Å². The Hall–Kier alpha value is -3.86. The second-order valence-electron chi connectivity index (χ2n) is 8.22. The number of allylic oxidation sites excluding steroid dienone is 1. The van der Waals surface area contributed by atoms with E-state index in [0.717, 1.165) is 48.8 Å². The molecule has 0 aliphatic heterocycles. The van der Waals surface area contributed by atoms with E-state index in [0.29, 0.717) is 17.6 Å². The lowest BCUT2D eigenvalue weighted by molar-refractivity contribution is -0.384. The number of rotatable bonds is 14. The molecule has 0 aliphatic carbocycles. The van der Waals surface area contributed by atoms with E-state index in [2.05, 4.69) is 65.5 Å². The molecule has 1 heterocycles. The Kier molecular flexibility index (Phi) is 11.0. The van der Waals surface area contributed by atoms with E-state index >= 15 is 0 Å². The van der Waals surface area contributed by atoms with Gasteiger partial charge >= 0.3 is 0 Å². The van der Waals surface area contributed by atoms with Crippen LogP contribution in [0, 0.1) is 10.1 Å². The number of halogens is 1. The normalized spacial score (nSPS) is 11.5. The minimum atomic E-state index is -0.436. The van der Waals surface area contributed by atoms with Crippen molar-refractivity contribution in [1.29, 1.82) is 0 Å². The van der Waals surface area contributed by atoms with E-state index < -0.39 is 4.92 Å². The number of hydrogen-bond acceptors (Lipinski definition) is 9. The van der Waals surface area contributed by atoms with Crippen molar-refractivity contribution in [3.8, 4) is 0 Å². The summed E-state index contributed by atoms with van der Waals surface area (Å²) in [6, 6.07) is 16.0. The highest BCUT2D eigenvalue weighted by Crippen LogP contribution is 2.21. The van der Waals surface area contributed by atoms with Crippen LogP contribution in [0.4, 0.5) is 29.2 Å². The first kappa shape index (κ1) is 27.7. The van der Waals surface area contributed by atoms with Crippen molar-refractivity contribution in [2.75, 3.05) is 28.7 Å². The molecule has 0 bridgehead atoms. The molecule has 37 heavy (non-hydrogen) atoms. The van der Waals surface area contributed by atoms with Gasteiger partial charge in [-0.1, -0.05) is 57.0 Å². The lowest BCUT2D eigenvalue weighted by Crippen LogP contribution is -2.28. The maximum absolute atomic E-state index is 11.0. The number of nitro benzene ring substituents is 1. The number of non-ortho nitro benzene ring substituents is 1. The maximum atomic E-state index is 11.0. The van der Waals surface area contributed by atoms with Crippen LogP contribution in [0.15, 0.2) is 64.2 Å². The first-order valence-corrected chi connectivity index (χ1v) is 13.0. The summed E-state index contributed by atoms with van der Waals surface area (Å²) in [5.74, 6) is 1.13. The number of benzene rings is 2. The van der Waals surface area contributed by atoms with Crippen LogP contribution in [-0.4, -0.2) is 39.2 Å². The monoisotopic (exact) mass is 566 g/mol. The van der Waals surface area contributed by atoms with Gasteiger partial charge in [0.1, 0.15) is 0 Å². The van der Waals surface area contributed by atoms with Gasteiger partial charge in [-0.2, -0.15) is 20.1 Å². The molecular weight excluding hydrogens is 536 g/mol. The zero-order valence-electron chi connectivity index (χ0n) is 21.0. The second-order valence-corrected chi connectivity index (χ2v) is 9.13. The number of aromatic nitrogens is 3. The van der Waals surface area contributed by atoms with E-state index in [-0.39, 0.29) is 11.6 Å². The fourth-order valence-electron chi connectivity index (χ4n) is 3.31. The van der Waals surface area contributed by atoms with Crippen molar-refractivity contribution in [2.45, 2.75) is 39.5 Å². The molecule has 2 aromatic carbocycles. The molecule has 0 saturated carbocycles. The van der Waals surface area contributed by atoms with Crippen LogP contribution < -0.4 is 15.6 Å². The Balaban J connectivity index is 1.85. The number of unbranched alkanes of at least 4 members (excludes halogenated alkanes) is 2. The van der Waals surface area contributed by atoms with Crippen LogP contribution in [0.5, 0.6) is 0 Å². The summed E-state index contributed by atoms with van der Waals surface area (Å²) in [6.07, 6.45) is 7.71. The summed E-state index contributed by atoms with van der Waals surface area (Å²) < 4.78 is 0.775. The molecule has 0 spiro atoms. The average molecular weight is 567 g/mol. The van der Waals surface area contributed by atoms with Gasteiger partial charge in [-0.05, 0) is 52.5 Å². The van der Waals surface area contributed by atoms with Gasteiger partial charge in [0.2, 0.25) is 17.8 Å². The van der Waals surface area contributed by atoms with Gasteiger partial charge in [0.15, 0.2) is 0 Å². The van der Waals surface area contributed by atoms with Crippen LogP contribution >= 0.6 is 15.9 Å². The summed E-state index contributed by atoms with van der Waals surface area (Å²) in [5.41, 5.74) is 4.58. The molecule has 194 valence electrons. The van der Waals surface area contributed by atoms with Gasteiger partial charge < -0.3 is 10.2 Å². The molecule has 10 nitrogen and oxygen atoms in total. The Morgan fingerprint density at radius 3 is 2.27 bits per heavy atom. The fraction of sp³-hybridized carbons (Fsp3) is 0.308.